The van der Waals surface area contributed by atoms with E-state index in [1.807, 2.05) is 0 Å². The molecule has 0 aliphatic heterocycles. The lowest BCUT2D eigenvalue weighted by Gasteiger charge is -2.07. The van der Waals surface area contributed by atoms with Crippen molar-refractivity contribution in [3.05, 3.63) is 12.1 Å². The average Bonchev–Trinajstić information content (AvgIpc) is 2.56. The summed E-state index contributed by atoms with van der Waals surface area (Å²) in [6.45, 7) is 2.83. The highest BCUT2D eigenvalue weighted by Gasteiger charge is 2.10. The van der Waals surface area contributed by atoms with Gasteiger partial charge in [-0.05, 0) is 12.1 Å². The molecule has 1 heterocycles. The van der Waals surface area contributed by atoms with Crippen molar-refractivity contribution in [2.24, 2.45) is 0 Å². The number of fused-ring (bicyclic) bond motifs is 1. The molecule has 0 unspecified atom stereocenters. The van der Waals surface area contributed by atoms with Gasteiger partial charge in [0.1, 0.15) is 5.52 Å². The van der Waals surface area contributed by atoms with Crippen LogP contribution in [0.25, 0.3) is 10.2 Å². The van der Waals surface area contributed by atoms with Crippen LogP contribution < -0.4 is 28.8 Å². The van der Waals surface area contributed by atoms with E-state index in [9.17, 15) is 9.59 Å². The highest BCUT2D eigenvalue weighted by Crippen LogP contribution is 2.33. The number of carbonyl (C=O) groups is 2. The summed E-state index contributed by atoms with van der Waals surface area (Å²) in [6.07, 6.45) is 0. The fraction of sp³-hybridized carbons (Fsp3) is 0.182. The maximum Gasteiger partial charge on any atom is 0.221 e. The Bertz CT molecular complexity index is 641. The van der Waals surface area contributed by atoms with E-state index in [0.29, 0.717) is 22.0 Å². The lowest BCUT2D eigenvalue weighted by atomic mass is 10.2. The summed E-state index contributed by atoms with van der Waals surface area (Å²) in [5.41, 5.74) is 7.41. The number of hydrogen-bond acceptors (Lipinski definition) is 5. The van der Waals surface area contributed by atoms with Crippen molar-refractivity contribution in [1.82, 2.24) is 4.98 Å². The van der Waals surface area contributed by atoms with E-state index in [0.717, 1.165) is 4.70 Å². The minimum absolute atomic E-state index is 0. The second kappa shape index (κ2) is 5.85. The van der Waals surface area contributed by atoms with Crippen LogP contribution in [0.5, 0.6) is 0 Å². The maximum atomic E-state index is 11.1. The van der Waals surface area contributed by atoms with Gasteiger partial charge in [0.05, 0.1) is 10.4 Å². The van der Waals surface area contributed by atoms with Crippen LogP contribution in [0.1, 0.15) is 13.8 Å². The monoisotopic (exact) mass is 299 g/mol. The van der Waals surface area contributed by atoms with Gasteiger partial charge < -0.3 is 28.8 Å². The van der Waals surface area contributed by atoms with Gasteiger partial charge >= 0.3 is 0 Å². The number of halogens is 1. The van der Waals surface area contributed by atoms with Gasteiger partial charge in [0.2, 0.25) is 11.8 Å². The number of hydrogen-bond donors (Lipinski definition) is 3. The molecule has 0 saturated carbocycles. The number of aromatic nitrogens is 1. The van der Waals surface area contributed by atoms with Crippen LogP contribution in [-0.4, -0.2) is 16.8 Å². The third-order valence-electron chi connectivity index (χ3n) is 2.14. The first kappa shape index (κ1) is 15.2. The lowest BCUT2D eigenvalue weighted by Crippen LogP contribution is -3.00. The molecule has 0 atom stereocenters. The number of amides is 2. The topological polar surface area (TPSA) is 97.1 Å². The van der Waals surface area contributed by atoms with Crippen LogP contribution >= 0.6 is 11.3 Å². The van der Waals surface area contributed by atoms with Gasteiger partial charge in [-0.2, -0.15) is 0 Å². The molecule has 0 aliphatic carbocycles. The maximum absolute atomic E-state index is 11.1. The predicted molar refractivity (Wildman–Crippen MR) is 72.6 cm³/mol. The van der Waals surface area contributed by atoms with Gasteiger partial charge in [0.15, 0.2) is 5.13 Å². The number of nitrogens with one attached hydrogen (secondary N) is 2. The Morgan fingerprint density at radius 2 is 1.84 bits per heavy atom. The number of thiazole rings is 1. The zero-order chi connectivity index (χ0) is 13.3. The summed E-state index contributed by atoms with van der Waals surface area (Å²) in [5, 5.41) is 5.75. The van der Waals surface area contributed by atoms with E-state index in [4.69, 9.17) is 5.73 Å². The number of nitrogens with two attached hydrogens (primary N) is 1. The van der Waals surface area contributed by atoms with Crippen LogP contribution in [0, 0.1) is 0 Å². The summed E-state index contributed by atoms with van der Waals surface area (Å²) in [5.74, 6) is -0.386. The van der Waals surface area contributed by atoms with Crippen molar-refractivity contribution in [2.75, 3.05) is 16.4 Å². The van der Waals surface area contributed by atoms with Crippen molar-refractivity contribution in [1.29, 1.82) is 0 Å². The molecule has 4 N–H and O–H groups in total. The van der Waals surface area contributed by atoms with Crippen molar-refractivity contribution >= 4 is 49.9 Å². The van der Waals surface area contributed by atoms with Crippen molar-refractivity contribution in [2.45, 2.75) is 13.8 Å². The standard InChI is InChI=1S/C11H12N4O2S.ClH/c1-5(16)13-7-3-8(14-6(2)17)10-9(4-7)18-11(12)15-10;/h3-4H,1-2H3,(H2,12,15)(H,13,16)(H,14,17);1H/p-1. The Morgan fingerprint density at radius 3 is 2.42 bits per heavy atom. The van der Waals surface area contributed by atoms with Gasteiger partial charge in [-0.15, -0.1) is 0 Å². The first-order chi connectivity index (χ1) is 8.45. The number of rotatable bonds is 2. The molecular formula is C11H12ClN4O2S-. The predicted octanol–water partition coefficient (Wildman–Crippen LogP) is -1.20. The Balaban J connectivity index is 0.00000180. The van der Waals surface area contributed by atoms with Crippen molar-refractivity contribution in [3.63, 3.8) is 0 Å². The van der Waals surface area contributed by atoms with Crippen LogP contribution in [0.2, 0.25) is 0 Å². The van der Waals surface area contributed by atoms with Gasteiger partial charge in [-0.3, -0.25) is 9.59 Å². The summed E-state index contributed by atoms with van der Waals surface area (Å²) in [6, 6.07) is 3.43. The Labute approximate surface area is 119 Å². The zero-order valence-corrected chi connectivity index (χ0v) is 11.9. The van der Waals surface area contributed by atoms with E-state index < -0.39 is 0 Å². The summed E-state index contributed by atoms with van der Waals surface area (Å²) < 4.78 is 0.808. The molecule has 0 aliphatic rings. The summed E-state index contributed by atoms with van der Waals surface area (Å²) >= 11 is 1.30. The summed E-state index contributed by atoms with van der Waals surface area (Å²) in [4.78, 5) is 26.4. The molecule has 0 bridgehead atoms. The third kappa shape index (κ3) is 3.55. The molecule has 102 valence electrons. The molecule has 0 radical (unpaired) electrons. The molecule has 8 heteroatoms. The normalized spacial score (nSPS) is 9.79. The number of nitrogens with zero attached hydrogens (tertiary/aromatic N) is 1. The molecule has 0 fully saturated rings. The van der Waals surface area contributed by atoms with Gasteiger partial charge in [0.25, 0.3) is 0 Å². The fourth-order valence-corrected chi connectivity index (χ4v) is 2.41. The number of anilines is 3. The van der Waals surface area contributed by atoms with E-state index >= 15 is 0 Å². The Hall–Kier alpha value is -1.86. The second-order valence-electron chi connectivity index (χ2n) is 3.79. The molecule has 2 rings (SSSR count). The fourth-order valence-electron chi connectivity index (χ4n) is 1.61. The van der Waals surface area contributed by atoms with E-state index in [1.165, 1.54) is 25.2 Å². The third-order valence-corrected chi connectivity index (χ3v) is 2.97. The molecule has 0 spiro atoms. The lowest BCUT2D eigenvalue weighted by molar-refractivity contribution is -0.115. The summed E-state index contributed by atoms with van der Waals surface area (Å²) in [7, 11) is 0. The first-order valence-electron chi connectivity index (χ1n) is 5.21. The zero-order valence-electron chi connectivity index (χ0n) is 10.3. The molecule has 1 aromatic heterocycles. The Kier molecular flexibility index (Phi) is 4.68. The minimum atomic E-state index is -0.206. The minimum Gasteiger partial charge on any atom is -1.00 e. The Morgan fingerprint density at radius 1 is 1.21 bits per heavy atom. The quantitative estimate of drug-likeness (QED) is 0.649. The van der Waals surface area contributed by atoms with Crippen molar-refractivity contribution in [3.8, 4) is 0 Å². The second-order valence-corrected chi connectivity index (χ2v) is 4.85. The van der Waals surface area contributed by atoms with Crippen LogP contribution in [0.15, 0.2) is 12.1 Å². The molecule has 1 aromatic carbocycles. The van der Waals surface area contributed by atoms with Gasteiger partial charge in [0, 0.05) is 19.5 Å². The molecule has 19 heavy (non-hydrogen) atoms. The van der Waals surface area contributed by atoms with Crippen LogP contribution in [0.4, 0.5) is 16.5 Å². The number of nitrogen functional groups attached to an aromatic ring is 1. The molecule has 2 amide bonds. The van der Waals surface area contributed by atoms with Crippen LogP contribution in [-0.2, 0) is 9.59 Å². The highest BCUT2D eigenvalue weighted by atomic mass is 35.5. The SMILES string of the molecule is CC(=O)Nc1cc(NC(C)=O)c2nc(N)sc2c1.[Cl-]. The van der Waals surface area contributed by atoms with Crippen molar-refractivity contribution < 1.29 is 22.0 Å². The molecule has 0 saturated heterocycles. The van der Waals surface area contributed by atoms with Gasteiger partial charge in [-0.25, -0.2) is 4.98 Å². The average molecular weight is 300 g/mol. The largest absolute Gasteiger partial charge is 1.00 e. The highest BCUT2D eigenvalue weighted by molar-refractivity contribution is 7.22. The van der Waals surface area contributed by atoms with E-state index in [2.05, 4.69) is 15.6 Å². The smallest absolute Gasteiger partial charge is 0.221 e. The van der Waals surface area contributed by atoms with Gasteiger partial charge in [-0.1, -0.05) is 11.3 Å². The molecule has 2 aromatic rings. The van der Waals surface area contributed by atoms with Crippen LogP contribution in [0.3, 0.4) is 0 Å². The van der Waals surface area contributed by atoms with E-state index in [1.54, 1.807) is 12.1 Å². The molecule has 6 nitrogen and oxygen atoms in total. The number of carbonyl (C=O) groups excluding carboxylic acids is 2. The van der Waals surface area contributed by atoms with E-state index in [-0.39, 0.29) is 24.2 Å². The first-order valence-corrected chi connectivity index (χ1v) is 6.02. The number of benzene rings is 1. The molecular weight excluding hydrogens is 288 g/mol.